The Morgan fingerprint density at radius 3 is 2.92 bits per heavy atom. The fourth-order valence-corrected chi connectivity index (χ4v) is 3.59. The number of allylic oxidation sites excluding steroid dienone is 5. The molecule has 0 fully saturated rings. The van der Waals surface area contributed by atoms with E-state index < -0.39 is 11.2 Å². The maximum Gasteiger partial charge on any atom is 0.378 e. The van der Waals surface area contributed by atoms with Crippen LogP contribution in [-0.2, 0) is 11.8 Å². The second-order valence-electron chi connectivity index (χ2n) is 5.08. The summed E-state index contributed by atoms with van der Waals surface area (Å²) in [6.07, 6.45) is 7.72. The summed E-state index contributed by atoms with van der Waals surface area (Å²) in [6, 6.07) is 0. The Bertz CT molecular complexity index is 690. The van der Waals surface area contributed by atoms with Gasteiger partial charge >= 0.3 is 11.2 Å². The molecule has 24 heavy (non-hydrogen) atoms. The first-order valence-corrected chi connectivity index (χ1v) is 8.98. The number of aromatic nitrogens is 3. The Labute approximate surface area is 147 Å². The highest BCUT2D eigenvalue weighted by Gasteiger charge is 2.42. The quantitative estimate of drug-likeness (QED) is 0.608. The summed E-state index contributed by atoms with van der Waals surface area (Å²) in [7, 11) is 1.63. The maximum absolute atomic E-state index is 14.2. The summed E-state index contributed by atoms with van der Waals surface area (Å²) >= 11 is 1.66. The van der Waals surface area contributed by atoms with Crippen LogP contribution in [0.15, 0.2) is 40.6 Å². The van der Waals surface area contributed by atoms with Gasteiger partial charge in [0, 0.05) is 12.7 Å². The van der Waals surface area contributed by atoms with Crippen LogP contribution in [0.4, 0.5) is 8.78 Å². The standard InChI is InChI=1S/C15H18F2N4OS2/c1-4-5-7-10(2)18-13(22)15(16,17)24-14-20-19-12(21(14)3)11-8-6-9-23-11/h4-7,9,11H,8H2,1-3H3,(H,18,22)/b5-4-,10-7+. The van der Waals surface area contributed by atoms with Gasteiger partial charge in [-0.3, -0.25) is 4.79 Å². The summed E-state index contributed by atoms with van der Waals surface area (Å²) in [5.41, 5.74) is 0.338. The first-order valence-electron chi connectivity index (χ1n) is 7.22. The van der Waals surface area contributed by atoms with Crippen molar-refractivity contribution < 1.29 is 13.6 Å². The number of alkyl halides is 2. The number of carbonyl (C=O) groups excluding carboxylic acids is 1. The molecule has 0 aliphatic carbocycles. The Morgan fingerprint density at radius 2 is 2.29 bits per heavy atom. The van der Waals surface area contributed by atoms with Crippen molar-refractivity contribution in [3.63, 3.8) is 0 Å². The fourth-order valence-electron chi connectivity index (χ4n) is 1.94. The Balaban J connectivity index is 2.07. The number of nitrogens with zero attached hydrogens (tertiary/aromatic N) is 3. The van der Waals surface area contributed by atoms with Crippen molar-refractivity contribution in [1.29, 1.82) is 0 Å². The molecule has 130 valence electrons. The van der Waals surface area contributed by atoms with Gasteiger partial charge in [-0.05, 0) is 43.5 Å². The highest BCUT2D eigenvalue weighted by molar-refractivity contribution is 8.02. The third-order valence-corrected chi connectivity index (χ3v) is 5.24. The zero-order chi connectivity index (χ0) is 17.7. The van der Waals surface area contributed by atoms with Gasteiger partial charge in [0.15, 0.2) is 5.16 Å². The average molecular weight is 372 g/mol. The van der Waals surface area contributed by atoms with E-state index in [2.05, 4.69) is 15.5 Å². The van der Waals surface area contributed by atoms with E-state index in [4.69, 9.17) is 0 Å². The van der Waals surface area contributed by atoms with Gasteiger partial charge in [0.1, 0.15) is 5.82 Å². The molecule has 5 nitrogen and oxygen atoms in total. The number of carbonyl (C=O) groups is 1. The smallest absolute Gasteiger partial charge is 0.324 e. The fraction of sp³-hybridized carbons (Fsp3) is 0.400. The molecule has 0 radical (unpaired) electrons. The lowest BCUT2D eigenvalue weighted by Gasteiger charge is -2.15. The SMILES string of the molecule is C/C=C\C=C(/C)NC(=O)C(F)(F)Sc1nnc(C2CC=CS2)n1C. The second kappa shape index (κ2) is 7.98. The molecule has 0 saturated carbocycles. The second-order valence-corrected chi connectivity index (χ2v) is 7.28. The summed E-state index contributed by atoms with van der Waals surface area (Å²) in [4.78, 5) is 11.8. The van der Waals surface area contributed by atoms with E-state index in [1.165, 1.54) is 4.57 Å². The molecule has 9 heteroatoms. The molecule has 1 aromatic rings. The minimum Gasteiger partial charge on any atom is -0.324 e. The number of hydrogen-bond acceptors (Lipinski definition) is 5. The lowest BCUT2D eigenvalue weighted by atomic mass is 10.3. The molecule has 1 aliphatic rings. The summed E-state index contributed by atoms with van der Waals surface area (Å²) in [5.74, 6) is -0.764. The largest absolute Gasteiger partial charge is 0.378 e. The molecule has 0 aromatic carbocycles. The molecule has 1 unspecified atom stereocenters. The first-order chi connectivity index (χ1) is 11.3. The molecule has 1 amide bonds. The predicted molar refractivity (Wildman–Crippen MR) is 92.6 cm³/mol. The summed E-state index contributed by atoms with van der Waals surface area (Å²) < 4.78 is 29.8. The van der Waals surface area contributed by atoms with E-state index in [9.17, 15) is 13.6 Å². The number of nitrogens with one attached hydrogen (secondary N) is 1. The van der Waals surface area contributed by atoms with Crippen LogP contribution in [0.5, 0.6) is 0 Å². The molecule has 2 heterocycles. The number of amides is 1. The van der Waals surface area contributed by atoms with E-state index in [0.29, 0.717) is 11.5 Å². The van der Waals surface area contributed by atoms with E-state index in [1.807, 2.05) is 11.5 Å². The Kier molecular flexibility index (Phi) is 6.22. The molecule has 1 aromatic heterocycles. The molecular weight excluding hydrogens is 354 g/mol. The van der Waals surface area contributed by atoms with Crippen molar-refractivity contribution >= 4 is 29.4 Å². The van der Waals surface area contributed by atoms with Crippen LogP contribution < -0.4 is 5.32 Å². The van der Waals surface area contributed by atoms with Crippen molar-refractivity contribution in [2.45, 2.75) is 35.9 Å². The van der Waals surface area contributed by atoms with E-state index in [0.717, 1.165) is 6.42 Å². The van der Waals surface area contributed by atoms with E-state index in [-0.39, 0.29) is 22.2 Å². The molecule has 0 saturated heterocycles. The Hall–Kier alpha value is -1.61. The van der Waals surface area contributed by atoms with Gasteiger partial charge in [-0.2, -0.15) is 8.78 Å². The first kappa shape index (κ1) is 18.7. The van der Waals surface area contributed by atoms with Crippen molar-refractivity contribution in [2.24, 2.45) is 7.05 Å². The predicted octanol–water partition coefficient (Wildman–Crippen LogP) is 3.79. The lowest BCUT2D eigenvalue weighted by molar-refractivity contribution is -0.134. The molecule has 2 rings (SSSR count). The van der Waals surface area contributed by atoms with E-state index >= 15 is 0 Å². The highest BCUT2D eigenvalue weighted by Crippen LogP contribution is 2.40. The van der Waals surface area contributed by atoms with Gasteiger partial charge in [-0.1, -0.05) is 18.2 Å². The van der Waals surface area contributed by atoms with Gasteiger partial charge < -0.3 is 9.88 Å². The molecule has 0 spiro atoms. The zero-order valence-corrected chi connectivity index (χ0v) is 15.1. The Morgan fingerprint density at radius 1 is 1.54 bits per heavy atom. The maximum atomic E-state index is 14.2. The lowest BCUT2D eigenvalue weighted by Crippen LogP contribution is -2.36. The third-order valence-electron chi connectivity index (χ3n) is 3.18. The number of thioether (sulfide) groups is 2. The van der Waals surface area contributed by atoms with Crippen LogP contribution in [0.25, 0.3) is 0 Å². The van der Waals surface area contributed by atoms with Crippen molar-refractivity contribution in [1.82, 2.24) is 20.1 Å². The minimum atomic E-state index is -3.65. The van der Waals surface area contributed by atoms with Gasteiger partial charge in [0.05, 0.1) is 5.25 Å². The normalized spacial score (nSPS) is 18.5. The van der Waals surface area contributed by atoms with Gasteiger partial charge in [0.2, 0.25) is 0 Å². The summed E-state index contributed by atoms with van der Waals surface area (Å²) in [6.45, 7) is 3.34. The number of hydrogen-bond donors (Lipinski definition) is 1. The van der Waals surface area contributed by atoms with Crippen LogP contribution >= 0.6 is 23.5 Å². The summed E-state index contributed by atoms with van der Waals surface area (Å²) in [5, 5.41) is 8.36. The van der Waals surface area contributed by atoms with Crippen molar-refractivity contribution in [3.05, 3.63) is 41.2 Å². The van der Waals surface area contributed by atoms with Crippen LogP contribution in [0, 0.1) is 0 Å². The number of rotatable bonds is 6. The van der Waals surface area contributed by atoms with E-state index in [1.54, 1.807) is 50.9 Å². The van der Waals surface area contributed by atoms with Crippen molar-refractivity contribution in [2.75, 3.05) is 0 Å². The average Bonchev–Trinajstić information content (AvgIpc) is 3.16. The van der Waals surface area contributed by atoms with Gasteiger partial charge in [-0.25, -0.2) is 0 Å². The topological polar surface area (TPSA) is 59.8 Å². The molecular formula is C15H18F2N4OS2. The number of halogens is 2. The monoisotopic (exact) mass is 372 g/mol. The van der Waals surface area contributed by atoms with Crippen LogP contribution in [0.1, 0.15) is 31.3 Å². The minimum absolute atomic E-state index is 0.00716. The molecule has 1 atom stereocenters. The molecule has 1 N–H and O–H groups in total. The zero-order valence-electron chi connectivity index (χ0n) is 13.5. The third kappa shape index (κ3) is 4.47. The van der Waals surface area contributed by atoms with Crippen molar-refractivity contribution in [3.8, 4) is 0 Å². The molecule has 0 bridgehead atoms. The van der Waals surface area contributed by atoms with Gasteiger partial charge in [-0.15, -0.1) is 22.0 Å². The van der Waals surface area contributed by atoms with Crippen LogP contribution in [0.2, 0.25) is 0 Å². The highest BCUT2D eigenvalue weighted by atomic mass is 32.2. The van der Waals surface area contributed by atoms with Gasteiger partial charge in [0.25, 0.3) is 0 Å². The molecule has 1 aliphatic heterocycles. The van der Waals surface area contributed by atoms with Crippen LogP contribution in [-0.4, -0.2) is 25.9 Å². The van der Waals surface area contributed by atoms with Crippen LogP contribution in [0.3, 0.4) is 0 Å².